The van der Waals surface area contributed by atoms with Crippen LogP contribution in [0.5, 0.6) is 5.75 Å². The van der Waals surface area contributed by atoms with Crippen LogP contribution in [-0.4, -0.2) is 48.1 Å². The van der Waals surface area contributed by atoms with E-state index in [0.29, 0.717) is 49.1 Å². The Morgan fingerprint density at radius 1 is 1.08 bits per heavy atom. The van der Waals surface area contributed by atoms with Crippen LogP contribution in [-0.2, 0) is 4.79 Å². The number of hydrogen-bond donors (Lipinski definition) is 1. The standard InChI is InChI=1S/C28H22FIN6O3/c29-19-5-7-20(8-6-19)34-10-12-35(13-11-34)28-33-27-21(2-1-3-22(27)30)23(15-26(37)38)36(28)24-14-18(16-31)4-9-25(24)39-17-32/h1-9,14,23H,10-13,15H2,(H,37,38). The quantitative estimate of drug-likeness (QED) is 0.307. The maximum Gasteiger partial charge on any atom is 0.305 e. The molecule has 39 heavy (non-hydrogen) atoms. The summed E-state index contributed by atoms with van der Waals surface area (Å²) >= 11 is 2.19. The van der Waals surface area contributed by atoms with Crippen molar-refractivity contribution in [1.29, 1.82) is 10.5 Å². The van der Waals surface area contributed by atoms with Gasteiger partial charge in [-0.3, -0.25) is 4.79 Å². The number of nitrogens with zero attached hydrogens (tertiary/aromatic N) is 6. The number of ether oxygens (including phenoxy) is 1. The van der Waals surface area contributed by atoms with Gasteiger partial charge >= 0.3 is 5.97 Å². The number of guanidine groups is 1. The van der Waals surface area contributed by atoms with E-state index in [2.05, 4.69) is 38.5 Å². The van der Waals surface area contributed by atoms with Gasteiger partial charge in [0.15, 0.2) is 5.75 Å². The summed E-state index contributed by atoms with van der Waals surface area (Å²) in [5.74, 6) is -0.596. The smallest absolute Gasteiger partial charge is 0.305 e. The predicted octanol–water partition coefficient (Wildman–Crippen LogP) is 5.01. The van der Waals surface area contributed by atoms with E-state index in [1.807, 2.05) is 18.2 Å². The van der Waals surface area contributed by atoms with Crippen LogP contribution < -0.4 is 14.5 Å². The molecule has 1 saturated heterocycles. The van der Waals surface area contributed by atoms with Gasteiger partial charge in [0, 0.05) is 41.0 Å². The maximum absolute atomic E-state index is 13.4. The highest BCUT2D eigenvalue weighted by Gasteiger charge is 2.38. The molecule has 1 N–H and O–H groups in total. The number of aliphatic imine (C=N–C) groups is 1. The Morgan fingerprint density at radius 3 is 2.46 bits per heavy atom. The topological polar surface area (TPSA) is 116 Å². The molecule has 3 aromatic rings. The van der Waals surface area contributed by atoms with Crippen molar-refractivity contribution >= 4 is 51.6 Å². The fourth-order valence-corrected chi connectivity index (χ4v) is 5.58. The van der Waals surface area contributed by atoms with Gasteiger partial charge in [0.1, 0.15) is 5.82 Å². The Morgan fingerprint density at radius 2 is 1.79 bits per heavy atom. The van der Waals surface area contributed by atoms with Gasteiger partial charge in [-0.2, -0.15) is 5.26 Å². The predicted molar refractivity (Wildman–Crippen MR) is 151 cm³/mol. The number of benzene rings is 3. The van der Waals surface area contributed by atoms with Crippen molar-refractivity contribution in [3.63, 3.8) is 0 Å². The van der Waals surface area contributed by atoms with Crippen LogP contribution in [0, 0.1) is 32.2 Å². The molecule has 0 radical (unpaired) electrons. The highest BCUT2D eigenvalue weighted by atomic mass is 127. The van der Waals surface area contributed by atoms with Crippen molar-refractivity contribution < 1.29 is 19.0 Å². The van der Waals surface area contributed by atoms with Crippen molar-refractivity contribution in [2.75, 3.05) is 36.0 Å². The second-order valence-corrected chi connectivity index (χ2v) is 10.2. The fraction of sp³-hybridized carbons (Fsp3) is 0.214. The van der Waals surface area contributed by atoms with Crippen LogP contribution >= 0.6 is 22.6 Å². The zero-order valence-electron chi connectivity index (χ0n) is 20.6. The number of anilines is 2. The first kappa shape index (κ1) is 26.3. The van der Waals surface area contributed by atoms with Crippen LogP contribution in [0.3, 0.4) is 0 Å². The Hall–Kier alpha value is -4.36. The zero-order chi connectivity index (χ0) is 27.5. The Labute approximate surface area is 238 Å². The van der Waals surface area contributed by atoms with Crippen molar-refractivity contribution in [1.82, 2.24) is 4.90 Å². The molecule has 1 fully saturated rings. The van der Waals surface area contributed by atoms with Crippen LogP contribution in [0.4, 0.5) is 21.5 Å². The second kappa shape index (κ2) is 11.2. The lowest BCUT2D eigenvalue weighted by Crippen LogP contribution is -2.55. The largest absolute Gasteiger partial charge is 0.481 e. The molecule has 3 aromatic carbocycles. The summed E-state index contributed by atoms with van der Waals surface area (Å²) in [5, 5.41) is 28.9. The third-order valence-corrected chi connectivity index (χ3v) is 7.61. The highest BCUT2D eigenvalue weighted by molar-refractivity contribution is 14.1. The molecule has 9 nitrogen and oxygen atoms in total. The molecular weight excluding hydrogens is 614 g/mol. The number of carbonyl (C=O) groups is 1. The van der Waals surface area contributed by atoms with E-state index in [-0.39, 0.29) is 18.0 Å². The van der Waals surface area contributed by atoms with Gasteiger partial charge in [-0.1, -0.05) is 12.1 Å². The number of hydrogen-bond acceptors (Lipinski definition) is 8. The van der Waals surface area contributed by atoms with Gasteiger partial charge in [-0.05, 0) is 71.1 Å². The summed E-state index contributed by atoms with van der Waals surface area (Å²) in [6, 6.07) is 18.1. The number of rotatable bonds is 5. The van der Waals surface area contributed by atoms with Gasteiger partial charge in [0.25, 0.3) is 6.26 Å². The number of para-hydroxylation sites is 1. The number of carboxylic acid groups (broad SMARTS) is 1. The third-order valence-electron chi connectivity index (χ3n) is 6.74. The van der Waals surface area contributed by atoms with Crippen molar-refractivity contribution in [3.8, 4) is 18.1 Å². The lowest BCUT2D eigenvalue weighted by atomic mass is 9.97. The minimum Gasteiger partial charge on any atom is -0.481 e. The summed E-state index contributed by atoms with van der Waals surface area (Å²) < 4.78 is 19.6. The van der Waals surface area contributed by atoms with E-state index in [0.717, 1.165) is 14.8 Å². The summed E-state index contributed by atoms with van der Waals surface area (Å²) in [7, 11) is 0. The Balaban J connectivity index is 1.61. The molecule has 0 aromatic heterocycles. The number of fused-ring (bicyclic) bond motifs is 1. The summed E-state index contributed by atoms with van der Waals surface area (Å²) in [4.78, 5) is 23.1. The van der Waals surface area contributed by atoms with Crippen LogP contribution in [0.25, 0.3) is 0 Å². The lowest BCUT2D eigenvalue weighted by molar-refractivity contribution is -0.137. The molecular formula is C28H22FIN6O3. The van der Waals surface area contributed by atoms with E-state index in [9.17, 15) is 24.8 Å². The molecule has 0 saturated carbocycles. The van der Waals surface area contributed by atoms with E-state index in [1.165, 1.54) is 18.2 Å². The number of halogens is 2. The fourth-order valence-electron chi connectivity index (χ4n) is 4.94. The monoisotopic (exact) mass is 636 g/mol. The van der Waals surface area contributed by atoms with Crippen molar-refractivity contribution in [2.24, 2.45) is 4.99 Å². The SMILES string of the molecule is N#COc1ccc(C#N)cc1N1C(N2CCN(c3ccc(F)cc3)CC2)=Nc2c(I)cccc2C1CC(=O)O. The highest BCUT2D eigenvalue weighted by Crippen LogP contribution is 2.45. The molecule has 11 heteroatoms. The summed E-state index contributed by atoms with van der Waals surface area (Å²) in [6.45, 7) is 2.36. The van der Waals surface area contributed by atoms with Gasteiger partial charge in [0.05, 0.1) is 35.5 Å². The Bertz CT molecular complexity index is 1520. The summed E-state index contributed by atoms with van der Waals surface area (Å²) in [6.07, 6.45) is 1.45. The number of piperazine rings is 1. The van der Waals surface area contributed by atoms with Crippen LogP contribution in [0.1, 0.15) is 23.6 Å². The van der Waals surface area contributed by atoms with Gasteiger partial charge in [-0.25, -0.2) is 9.38 Å². The third kappa shape index (κ3) is 5.31. The first-order chi connectivity index (χ1) is 18.9. The number of aliphatic carboxylic acids is 1. The van der Waals surface area contributed by atoms with Gasteiger partial charge < -0.3 is 24.5 Å². The molecule has 0 bridgehead atoms. The summed E-state index contributed by atoms with van der Waals surface area (Å²) in [5.41, 5.74) is 3.04. The molecule has 0 amide bonds. The van der Waals surface area contributed by atoms with Crippen molar-refractivity contribution in [3.05, 3.63) is 81.2 Å². The average molecular weight is 636 g/mol. The molecule has 0 aliphatic carbocycles. The molecule has 196 valence electrons. The molecule has 0 spiro atoms. The van der Waals surface area contributed by atoms with E-state index in [1.54, 1.807) is 35.4 Å². The van der Waals surface area contributed by atoms with Gasteiger partial charge in [-0.15, -0.1) is 5.26 Å². The minimum absolute atomic E-state index is 0.193. The van der Waals surface area contributed by atoms with E-state index < -0.39 is 12.0 Å². The number of carboxylic acids is 1. The van der Waals surface area contributed by atoms with Crippen LogP contribution in [0.2, 0.25) is 0 Å². The van der Waals surface area contributed by atoms with E-state index >= 15 is 0 Å². The minimum atomic E-state index is -1.00. The number of nitriles is 2. The van der Waals surface area contributed by atoms with Crippen LogP contribution in [0.15, 0.2) is 65.7 Å². The lowest BCUT2D eigenvalue weighted by Gasteiger charge is -2.45. The van der Waals surface area contributed by atoms with Crippen molar-refractivity contribution in [2.45, 2.75) is 12.5 Å². The normalized spacial score (nSPS) is 16.6. The maximum atomic E-state index is 13.4. The molecule has 1 unspecified atom stereocenters. The zero-order valence-corrected chi connectivity index (χ0v) is 22.7. The molecule has 5 rings (SSSR count). The van der Waals surface area contributed by atoms with Gasteiger partial charge in [0.2, 0.25) is 5.96 Å². The molecule has 2 aliphatic rings. The Kier molecular flexibility index (Phi) is 7.52. The van der Waals surface area contributed by atoms with E-state index in [4.69, 9.17) is 9.73 Å². The average Bonchev–Trinajstić information content (AvgIpc) is 2.94. The first-order valence-corrected chi connectivity index (χ1v) is 13.2. The molecule has 2 aliphatic heterocycles. The first-order valence-electron chi connectivity index (χ1n) is 12.1. The second-order valence-electron chi connectivity index (χ2n) is 9.01. The molecule has 1 atom stereocenters. The molecule has 2 heterocycles.